The van der Waals surface area contributed by atoms with E-state index in [9.17, 15) is 0 Å². The van der Waals surface area contributed by atoms with Crippen molar-refractivity contribution < 1.29 is 0 Å². The lowest BCUT2D eigenvalue weighted by Crippen LogP contribution is -2.19. The second-order valence-corrected chi connectivity index (χ2v) is 3.44. The number of rotatable bonds is 3. The maximum Gasteiger partial charge on any atom is 0.0616 e. The Labute approximate surface area is 73.6 Å². The van der Waals surface area contributed by atoms with Gasteiger partial charge < -0.3 is 5.73 Å². The molecule has 12 heavy (non-hydrogen) atoms. The van der Waals surface area contributed by atoms with Crippen LogP contribution in [0, 0.1) is 0 Å². The molecule has 0 aromatic carbocycles. The molecule has 1 aromatic rings. The van der Waals surface area contributed by atoms with Crippen molar-refractivity contribution in [2.45, 2.75) is 32.7 Å². The SMILES string of the molecule is CC(C)c1ccnn1C(C)CN. The van der Waals surface area contributed by atoms with E-state index in [1.807, 2.05) is 10.9 Å². The molecule has 1 aromatic heterocycles. The van der Waals surface area contributed by atoms with Crippen LogP contribution >= 0.6 is 0 Å². The van der Waals surface area contributed by atoms with Crippen molar-refractivity contribution in [3.63, 3.8) is 0 Å². The molecule has 1 heterocycles. The number of aromatic nitrogens is 2. The molecule has 0 bridgehead atoms. The van der Waals surface area contributed by atoms with E-state index in [0.29, 0.717) is 18.5 Å². The van der Waals surface area contributed by atoms with Crippen molar-refractivity contribution >= 4 is 0 Å². The zero-order chi connectivity index (χ0) is 9.14. The Hall–Kier alpha value is -0.830. The zero-order valence-corrected chi connectivity index (χ0v) is 7.99. The minimum absolute atomic E-state index is 0.303. The number of nitrogens with zero attached hydrogens (tertiary/aromatic N) is 2. The molecule has 0 radical (unpaired) electrons. The summed E-state index contributed by atoms with van der Waals surface area (Å²) in [7, 11) is 0. The van der Waals surface area contributed by atoms with Gasteiger partial charge in [-0.05, 0) is 18.9 Å². The average molecular weight is 167 g/mol. The predicted octanol–water partition coefficient (Wildman–Crippen LogP) is 1.53. The van der Waals surface area contributed by atoms with Gasteiger partial charge in [0.1, 0.15) is 0 Å². The van der Waals surface area contributed by atoms with Gasteiger partial charge in [-0.25, -0.2) is 0 Å². The Morgan fingerprint density at radius 1 is 1.50 bits per heavy atom. The van der Waals surface area contributed by atoms with Crippen LogP contribution in [0.25, 0.3) is 0 Å². The zero-order valence-electron chi connectivity index (χ0n) is 7.99. The Balaban J connectivity index is 2.91. The summed E-state index contributed by atoms with van der Waals surface area (Å²) in [6.07, 6.45) is 1.83. The van der Waals surface area contributed by atoms with Crippen LogP contribution < -0.4 is 5.73 Å². The van der Waals surface area contributed by atoms with E-state index in [0.717, 1.165) is 0 Å². The van der Waals surface area contributed by atoms with Gasteiger partial charge in [0.2, 0.25) is 0 Å². The summed E-state index contributed by atoms with van der Waals surface area (Å²) in [5, 5.41) is 4.24. The molecule has 1 unspecified atom stereocenters. The molecule has 0 spiro atoms. The second kappa shape index (κ2) is 3.72. The van der Waals surface area contributed by atoms with E-state index < -0.39 is 0 Å². The molecule has 0 saturated carbocycles. The van der Waals surface area contributed by atoms with Gasteiger partial charge in [0.15, 0.2) is 0 Å². The summed E-state index contributed by atoms with van der Waals surface area (Å²) in [5.74, 6) is 0.515. The molecule has 1 atom stereocenters. The maximum atomic E-state index is 5.57. The molecule has 3 nitrogen and oxygen atoms in total. The first-order chi connectivity index (χ1) is 5.66. The highest BCUT2D eigenvalue weighted by atomic mass is 15.3. The first-order valence-electron chi connectivity index (χ1n) is 4.40. The molecular formula is C9H17N3. The van der Waals surface area contributed by atoms with Crippen LogP contribution in [0.3, 0.4) is 0 Å². The molecule has 0 aliphatic carbocycles. The second-order valence-electron chi connectivity index (χ2n) is 3.44. The van der Waals surface area contributed by atoms with E-state index in [4.69, 9.17) is 5.73 Å². The third-order valence-corrected chi connectivity index (χ3v) is 2.05. The standard InChI is InChI=1S/C9H17N3/c1-7(2)9-4-5-11-12(9)8(3)6-10/h4-5,7-8H,6,10H2,1-3H3. The Morgan fingerprint density at radius 2 is 2.17 bits per heavy atom. The predicted molar refractivity (Wildman–Crippen MR) is 50.1 cm³/mol. The fourth-order valence-electron chi connectivity index (χ4n) is 1.25. The van der Waals surface area contributed by atoms with Gasteiger partial charge in [-0.15, -0.1) is 0 Å². The third kappa shape index (κ3) is 1.67. The minimum atomic E-state index is 0.303. The van der Waals surface area contributed by atoms with Crippen LogP contribution in [0.15, 0.2) is 12.3 Å². The van der Waals surface area contributed by atoms with Crippen LogP contribution in [0.1, 0.15) is 38.4 Å². The summed E-state index contributed by atoms with van der Waals surface area (Å²) in [5.41, 5.74) is 6.83. The largest absolute Gasteiger partial charge is 0.328 e. The summed E-state index contributed by atoms with van der Waals surface area (Å²) in [4.78, 5) is 0. The van der Waals surface area contributed by atoms with Crippen molar-refractivity contribution in [2.24, 2.45) is 5.73 Å². The van der Waals surface area contributed by atoms with Gasteiger partial charge in [0.25, 0.3) is 0 Å². The topological polar surface area (TPSA) is 43.8 Å². The van der Waals surface area contributed by atoms with Gasteiger partial charge in [-0.3, -0.25) is 4.68 Å². The lowest BCUT2D eigenvalue weighted by Gasteiger charge is -2.15. The average Bonchev–Trinajstić information content (AvgIpc) is 2.50. The number of nitrogens with two attached hydrogens (primary N) is 1. The monoisotopic (exact) mass is 167 g/mol. The molecule has 0 aliphatic heterocycles. The lowest BCUT2D eigenvalue weighted by molar-refractivity contribution is 0.472. The van der Waals surface area contributed by atoms with Crippen LogP contribution in [0.2, 0.25) is 0 Å². The Bertz CT molecular complexity index is 240. The van der Waals surface area contributed by atoms with E-state index in [1.54, 1.807) is 0 Å². The number of hydrogen-bond donors (Lipinski definition) is 1. The van der Waals surface area contributed by atoms with Crippen molar-refractivity contribution in [3.8, 4) is 0 Å². The van der Waals surface area contributed by atoms with Gasteiger partial charge in [0.05, 0.1) is 6.04 Å². The van der Waals surface area contributed by atoms with E-state index in [-0.39, 0.29) is 0 Å². The lowest BCUT2D eigenvalue weighted by atomic mass is 10.1. The normalized spacial score (nSPS) is 13.8. The minimum Gasteiger partial charge on any atom is -0.328 e. The van der Waals surface area contributed by atoms with Gasteiger partial charge in [0, 0.05) is 18.4 Å². The molecule has 1 rings (SSSR count). The van der Waals surface area contributed by atoms with Crippen LogP contribution in [0.4, 0.5) is 0 Å². The highest BCUT2D eigenvalue weighted by Crippen LogP contribution is 2.16. The van der Waals surface area contributed by atoms with Crippen LogP contribution in [-0.4, -0.2) is 16.3 Å². The fraction of sp³-hybridized carbons (Fsp3) is 0.667. The van der Waals surface area contributed by atoms with Crippen molar-refractivity contribution in [3.05, 3.63) is 18.0 Å². The van der Waals surface area contributed by atoms with Crippen molar-refractivity contribution in [1.82, 2.24) is 9.78 Å². The molecule has 3 heteroatoms. The van der Waals surface area contributed by atoms with Gasteiger partial charge in [-0.2, -0.15) is 5.10 Å². The van der Waals surface area contributed by atoms with Gasteiger partial charge >= 0.3 is 0 Å². The highest BCUT2D eigenvalue weighted by molar-refractivity contribution is 5.06. The first kappa shape index (κ1) is 9.26. The maximum absolute atomic E-state index is 5.57. The third-order valence-electron chi connectivity index (χ3n) is 2.05. The molecule has 68 valence electrons. The van der Waals surface area contributed by atoms with E-state index in [1.165, 1.54) is 5.69 Å². The smallest absolute Gasteiger partial charge is 0.0616 e. The van der Waals surface area contributed by atoms with Crippen molar-refractivity contribution in [1.29, 1.82) is 0 Å². The Kier molecular flexibility index (Phi) is 2.87. The molecule has 0 fully saturated rings. The number of hydrogen-bond acceptors (Lipinski definition) is 2. The Morgan fingerprint density at radius 3 is 2.67 bits per heavy atom. The summed E-state index contributed by atoms with van der Waals surface area (Å²) in [6, 6.07) is 2.36. The molecule has 0 amide bonds. The molecule has 0 saturated heterocycles. The van der Waals surface area contributed by atoms with Crippen LogP contribution in [-0.2, 0) is 0 Å². The summed E-state index contributed by atoms with van der Waals surface area (Å²) < 4.78 is 2.00. The first-order valence-corrected chi connectivity index (χ1v) is 4.40. The molecule has 2 N–H and O–H groups in total. The van der Waals surface area contributed by atoms with E-state index >= 15 is 0 Å². The quantitative estimate of drug-likeness (QED) is 0.741. The van der Waals surface area contributed by atoms with Gasteiger partial charge in [-0.1, -0.05) is 13.8 Å². The highest BCUT2D eigenvalue weighted by Gasteiger charge is 2.10. The fourth-order valence-corrected chi connectivity index (χ4v) is 1.25. The van der Waals surface area contributed by atoms with E-state index in [2.05, 4.69) is 31.9 Å². The van der Waals surface area contributed by atoms with Crippen molar-refractivity contribution in [2.75, 3.05) is 6.54 Å². The van der Waals surface area contributed by atoms with Crippen LogP contribution in [0.5, 0.6) is 0 Å². The molecular weight excluding hydrogens is 150 g/mol. The summed E-state index contributed by atoms with van der Waals surface area (Å²) >= 11 is 0. The molecule has 0 aliphatic rings. The summed E-state index contributed by atoms with van der Waals surface area (Å²) in [6.45, 7) is 7.05.